The molecule has 2 rings (SSSR count). The van der Waals surface area contributed by atoms with Crippen LogP contribution < -0.4 is 15.4 Å². The van der Waals surface area contributed by atoms with Crippen LogP contribution in [-0.4, -0.2) is 24.2 Å². The second-order valence-electron chi connectivity index (χ2n) is 5.37. The van der Waals surface area contributed by atoms with Gasteiger partial charge >= 0.3 is 18.2 Å². The van der Waals surface area contributed by atoms with E-state index in [0.29, 0.717) is 6.07 Å². The number of urea groups is 1. The maximum absolute atomic E-state index is 14.0. The first-order valence-corrected chi connectivity index (χ1v) is 7.64. The highest BCUT2D eigenvalue weighted by molar-refractivity contribution is 6.02. The summed E-state index contributed by atoms with van der Waals surface area (Å²) in [7, 11) is 1.21. The van der Waals surface area contributed by atoms with Gasteiger partial charge in [0.2, 0.25) is 0 Å². The van der Waals surface area contributed by atoms with Crippen LogP contribution in [0.2, 0.25) is 0 Å². The summed E-state index contributed by atoms with van der Waals surface area (Å²) < 4.78 is 57.6. The van der Waals surface area contributed by atoms with Crippen molar-refractivity contribution in [3.8, 4) is 5.75 Å². The van der Waals surface area contributed by atoms with Crippen LogP contribution in [0.1, 0.15) is 11.1 Å². The molecule has 0 spiro atoms. The lowest BCUT2D eigenvalue weighted by Gasteiger charge is -2.15. The summed E-state index contributed by atoms with van der Waals surface area (Å²) in [5.41, 5.74) is -1.59. The van der Waals surface area contributed by atoms with Gasteiger partial charge in [-0.25, -0.2) is 14.0 Å². The number of aliphatic carboxylic acids is 1. The number of halogens is 4. The van der Waals surface area contributed by atoms with Gasteiger partial charge in [0, 0.05) is 11.6 Å². The number of hydrogen-bond acceptors (Lipinski definition) is 3. The Kier molecular flexibility index (Phi) is 6.24. The van der Waals surface area contributed by atoms with Crippen LogP contribution in [0, 0.1) is 5.82 Å². The lowest BCUT2D eigenvalue weighted by Crippen LogP contribution is -2.21. The summed E-state index contributed by atoms with van der Waals surface area (Å²) in [5, 5.41) is 13.0. The molecule has 0 unspecified atom stereocenters. The molecule has 148 valence electrons. The van der Waals surface area contributed by atoms with Crippen LogP contribution in [0.15, 0.2) is 42.5 Å². The Labute approximate surface area is 156 Å². The Hall–Kier alpha value is -3.56. The molecular weight excluding hydrogens is 384 g/mol. The predicted octanol–water partition coefficient (Wildman–Crippen LogP) is 4.59. The minimum atomic E-state index is -4.64. The highest BCUT2D eigenvalue weighted by Crippen LogP contribution is 2.35. The van der Waals surface area contributed by atoms with Gasteiger partial charge in [0.25, 0.3) is 0 Å². The highest BCUT2D eigenvalue weighted by atomic mass is 19.4. The van der Waals surface area contributed by atoms with Crippen molar-refractivity contribution in [1.82, 2.24) is 0 Å². The maximum atomic E-state index is 14.0. The lowest BCUT2D eigenvalue weighted by molar-refractivity contribution is -0.137. The molecule has 0 heterocycles. The zero-order valence-electron chi connectivity index (χ0n) is 14.3. The number of hydrogen-bond donors (Lipinski definition) is 3. The number of amides is 2. The Bertz CT molecular complexity index is 926. The van der Waals surface area contributed by atoms with Crippen LogP contribution >= 0.6 is 0 Å². The predicted molar refractivity (Wildman–Crippen MR) is 93.7 cm³/mol. The van der Waals surface area contributed by atoms with Gasteiger partial charge in [0.05, 0.1) is 24.0 Å². The Morgan fingerprint density at radius 1 is 1.14 bits per heavy atom. The van der Waals surface area contributed by atoms with Crippen molar-refractivity contribution in [1.29, 1.82) is 0 Å². The molecule has 28 heavy (non-hydrogen) atoms. The zero-order valence-corrected chi connectivity index (χ0v) is 14.3. The van der Waals surface area contributed by atoms with E-state index in [1.807, 2.05) is 0 Å². The van der Waals surface area contributed by atoms with Gasteiger partial charge in [-0.1, -0.05) is 12.1 Å². The van der Waals surface area contributed by atoms with Crippen molar-refractivity contribution < 1.29 is 37.0 Å². The maximum Gasteiger partial charge on any atom is 0.416 e. The number of nitrogens with one attached hydrogen (secondary N) is 2. The van der Waals surface area contributed by atoms with E-state index in [9.17, 15) is 27.2 Å². The van der Waals surface area contributed by atoms with Gasteiger partial charge in [-0.15, -0.1) is 0 Å². The van der Waals surface area contributed by atoms with Crippen molar-refractivity contribution in [2.24, 2.45) is 0 Å². The second kappa shape index (κ2) is 8.42. The van der Waals surface area contributed by atoms with Crippen molar-refractivity contribution in [2.45, 2.75) is 6.18 Å². The molecule has 0 aliphatic carbocycles. The van der Waals surface area contributed by atoms with Crippen LogP contribution in [0.25, 0.3) is 6.08 Å². The molecule has 2 amide bonds. The molecule has 0 atom stereocenters. The van der Waals surface area contributed by atoms with Crippen LogP contribution in [0.4, 0.5) is 33.7 Å². The number of rotatable bonds is 5. The third-order valence-corrected chi connectivity index (χ3v) is 3.46. The first-order chi connectivity index (χ1) is 13.1. The number of ether oxygens (including phenoxy) is 1. The van der Waals surface area contributed by atoms with E-state index in [0.717, 1.165) is 30.4 Å². The number of anilines is 2. The summed E-state index contributed by atoms with van der Waals surface area (Å²) >= 11 is 0. The molecule has 0 saturated heterocycles. The van der Waals surface area contributed by atoms with Gasteiger partial charge in [-0.3, -0.25) is 0 Å². The van der Waals surface area contributed by atoms with Crippen LogP contribution in [0.5, 0.6) is 5.75 Å². The average molecular weight is 398 g/mol. The normalized spacial score (nSPS) is 11.3. The Morgan fingerprint density at radius 2 is 1.86 bits per heavy atom. The fourth-order valence-electron chi connectivity index (χ4n) is 2.22. The summed E-state index contributed by atoms with van der Waals surface area (Å²) in [5.74, 6) is -2.19. The summed E-state index contributed by atoms with van der Waals surface area (Å²) in [6.45, 7) is 0. The first-order valence-electron chi connectivity index (χ1n) is 7.64. The van der Waals surface area contributed by atoms with E-state index in [4.69, 9.17) is 9.84 Å². The SMILES string of the molecule is COc1ccc(C(F)(F)F)cc1NC(=O)Nc1c(F)cccc1C=CC(=O)O. The largest absolute Gasteiger partial charge is 0.495 e. The van der Waals surface area contributed by atoms with Crippen molar-refractivity contribution in [2.75, 3.05) is 17.7 Å². The standard InChI is InChI=1S/C18H14F4N2O4/c1-28-14-7-6-11(18(20,21)22)9-13(14)23-17(27)24-16-10(5-8-15(25)26)3-2-4-12(16)19/h2-9H,1H3,(H,25,26)(H2,23,24,27). The zero-order chi connectivity index (χ0) is 20.9. The van der Waals surface area contributed by atoms with E-state index in [1.165, 1.54) is 19.2 Å². The molecule has 6 nitrogen and oxygen atoms in total. The number of alkyl halides is 3. The minimum Gasteiger partial charge on any atom is -0.495 e. The lowest BCUT2D eigenvalue weighted by atomic mass is 10.1. The number of carboxylic acid groups (broad SMARTS) is 1. The van der Waals surface area contributed by atoms with Crippen LogP contribution in [-0.2, 0) is 11.0 Å². The molecule has 0 bridgehead atoms. The van der Waals surface area contributed by atoms with Gasteiger partial charge in [0.1, 0.15) is 11.6 Å². The number of methoxy groups -OCH3 is 1. The molecule has 0 saturated carbocycles. The van der Waals surface area contributed by atoms with Gasteiger partial charge in [-0.2, -0.15) is 13.2 Å². The molecule has 0 aliphatic rings. The second-order valence-corrected chi connectivity index (χ2v) is 5.37. The van der Waals surface area contributed by atoms with Crippen molar-refractivity contribution in [3.05, 3.63) is 59.4 Å². The van der Waals surface area contributed by atoms with E-state index in [-0.39, 0.29) is 22.7 Å². The summed E-state index contributed by atoms with van der Waals surface area (Å²) in [6, 6.07) is 5.12. The molecule has 2 aromatic rings. The first kappa shape index (κ1) is 20.7. The van der Waals surface area contributed by atoms with Crippen molar-refractivity contribution in [3.63, 3.8) is 0 Å². The van der Waals surface area contributed by atoms with E-state index >= 15 is 0 Å². The number of carbonyl (C=O) groups is 2. The topological polar surface area (TPSA) is 87.7 Å². The third-order valence-electron chi connectivity index (χ3n) is 3.46. The van der Waals surface area contributed by atoms with Gasteiger partial charge in [0.15, 0.2) is 0 Å². The molecular formula is C18H14F4N2O4. The molecule has 3 N–H and O–H groups in total. The average Bonchev–Trinajstić information content (AvgIpc) is 2.61. The van der Waals surface area contributed by atoms with Crippen LogP contribution in [0.3, 0.4) is 0 Å². The number of carboxylic acids is 1. The number of para-hydroxylation sites is 1. The van der Waals surface area contributed by atoms with E-state index < -0.39 is 29.6 Å². The molecule has 0 aromatic heterocycles. The fraction of sp³-hybridized carbons (Fsp3) is 0.111. The quantitative estimate of drug-likeness (QED) is 0.508. The van der Waals surface area contributed by atoms with E-state index in [2.05, 4.69) is 10.6 Å². The number of carbonyl (C=O) groups excluding carboxylic acids is 1. The number of benzene rings is 2. The fourth-order valence-corrected chi connectivity index (χ4v) is 2.22. The van der Waals surface area contributed by atoms with Crippen molar-refractivity contribution >= 4 is 29.5 Å². The highest BCUT2D eigenvalue weighted by Gasteiger charge is 2.31. The smallest absolute Gasteiger partial charge is 0.416 e. The Morgan fingerprint density at radius 3 is 2.46 bits per heavy atom. The minimum absolute atomic E-state index is 0.0392. The molecule has 2 aromatic carbocycles. The summed E-state index contributed by atoms with van der Waals surface area (Å²) in [6.07, 6.45) is -2.83. The monoisotopic (exact) mass is 398 g/mol. The third kappa shape index (κ3) is 5.22. The molecule has 0 aliphatic heterocycles. The van der Waals surface area contributed by atoms with Gasteiger partial charge < -0.3 is 20.5 Å². The molecule has 10 heteroatoms. The molecule has 0 radical (unpaired) electrons. The molecule has 0 fully saturated rings. The Balaban J connectivity index is 2.29. The van der Waals surface area contributed by atoms with Gasteiger partial charge in [-0.05, 0) is 30.3 Å². The summed E-state index contributed by atoms with van der Waals surface area (Å²) in [4.78, 5) is 22.8. The van der Waals surface area contributed by atoms with E-state index in [1.54, 1.807) is 0 Å².